The van der Waals surface area contributed by atoms with Crippen molar-refractivity contribution >= 4 is 55.8 Å². The summed E-state index contributed by atoms with van der Waals surface area (Å²) < 4.78 is 16.1. The number of ketones is 1. The van der Waals surface area contributed by atoms with E-state index in [4.69, 9.17) is 14.2 Å². The number of hydrogen-bond donors (Lipinski definition) is 2. The fraction of sp³-hybridized carbons (Fsp3) is 0.259. The Morgan fingerprint density at radius 2 is 1.97 bits per heavy atom. The number of halogens is 1. The average molecular weight is 615 g/mol. The molecular weight excluding hydrogens is 592 g/mol. The molecule has 3 heterocycles. The van der Waals surface area contributed by atoms with Crippen molar-refractivity contribution in [3.63, 3.8) is 0 Å². The van der Waals surface area contributed by atoms with Crippen molar-refractivity contribution in [1.29, 1.82) is 0 Å². The number of aliphatic hydroxyl groups excluding tert-OH is 1. The number of aromatic nitrogens is 1. The third-order valence-electron chi connectivity index (χ3n) is 6.56. The number of phenolic OH excluding ortho intramolecular Hbond substituents is 1. The van der Waals surface area contributed by atoms with Crippen LogP contribution < -0.4 is 14.4 Å². The molecule has 0 spiro atoms. The summed E-state index contributed by atoms with van der Waals surface area (Å²) in [4.78, 5) is 45.0. The van der Waals surface area contributed by atoms with Crippen LogP contribution >= 0.6 is 27.3 Å². The molecule has 3 aromatic rings. The number of benzene rings is 2. The fourth-order valence-electron chi connectivity index (χ4n) is 4.74. The molecule has 0 radical (unpaired) electrons. The highest BCUT2D eigenvalue weighted by molar-refractivity contribution is 9.10. The number of anilines is 1. The van der Waals surface area contributed by atoms with Crippen molar-refractivity contribution in [2.24, 2.45) is 0 Å². The van der Waals surface area contributed by atoms with E-state index in [1.807, 2.05) is 6.92 Å². The number of fused-ring (bicyclic) bond motifs is 1. The molecule has 2 N–H and O–H groups in total. The van der Waals surface area contributed by atoms with Gasteiger partial charge in [-0.05, 0) is 71.2 Å². The average Bonchev–Trinajstić information content (AvgIpc) is 3.56. The minimum atomic E-state index is -1.16. The van der Waals surface area contributed by atoms with Crippen LogP contribution in [0.25, 0.3) is 5.76 Å². The van der Waals surface area contributed by atoms with Gasteiger partial charge in [-0.25, -0.2) is 9.78 Å². The molecule has 2 aromatic carbocycles. The molecule has 0 saturated carbocycles. The zero-order valence-corrected chi connectivity index (χ0v) is 23.7. The van der Waals surface area contributed by atoms with Crippen molar-refractivity contribution in [3.8, 4) is 17.2 Å². The Morgan fingerprint density at radius 1 is 1.23 bits per heavy atom. The molecule has 1 fully saturated rings. The van der Waals surface area contributed by atoms with Crippen LogP contribution in [0.2, 0.25) is 0 Å². The largest absolute Gasteiger partial charge is 0.507 e. The number of Topliss-reactive ketones (excluding diaryl/α,β-unsaturated/α-hetero) is 1. The summed E-state index contributed by atoms with van der Waals surface area (Å²) in [7, 11) is 2.60. The quantitative estimate of drug-likeness (QED) is 0.182. The molecule has 10 nitrogen and oxygen atoms in total. The molecule has 5 rings (SSSR count). The minimum absolute atomic E-state index is 0.0260. The molecule has 2 aliphatic rings. The second kappa shape index (κ2) is 10.0. The number of carbonyl (C=O) groups excluding carboxylic acids is 3. The SMILES string of the molecule is COC(=O)c1sc(N2C(=O)C(=O)/C(=C(/O)c3ccc4c(c3)C[C@H](C)O4)[C@@H]2c2cc(Br)c(O)c(OC)c2)nc1C. The molecular formula is C27H23BrN2O8S. The Kier molecular flexibility index (Phi) is 6.85. The number of ether oxygens (including phenoxy) is 3. The third kappa shape index (κ3) is 4.43. The molecule has 1 saturated heterocycles. The highest BCUT2D eigenvalue weighted by atomic mass is 79.9. The Bertz CT molecular complexity index is 1580. The molecule has 39 heavy (non-hydrogen) atoms. The molecule has 2 aliphatic heterocycles. The Morgan fingerprint density at radius 3 is 2.67 bits per heavy atom. The van der Waals surface area contributed by atoms with E-state index in [-0.39, 0.29) is 43.4 Å². The van der Waals surface area contributed by atoms with Crippen LogP contribution in [0, 0.1) is 6.92 Å². The number of esters is 1. The van der Waals surface area contributed by atoms with Gasteiger partial charge in [0.1, 0.15) is 22.5 Å². The maximum Gasteiger partial charge on any atom is 0.350 e. The predicted molar refractivity (Wildman–Crippen MR) is 146 cm³/mol. The van der Waals surface area contributed by atoms with Gasteiger partial charge < -0.3 is 24.4 Å². The van der Waals surface area contributed by atoms with Gasteiger partial charge in [0.15, 0.2) is 16.6 Å². The van der Waals surface area contributed by atoms with Gasteiger partial charge in [-0.15, -0.1) is 0 Å². The number of aromatic hydroxyl groups is 1. The number of carbonyl (C=O) groups is 3. The van der Waals surface area contributed by atoms with E-state index in [1.165, 1.54) is 26.4 Å². The number of thiazole rings is 1. The number of aliphatic hydroxyl groups is 1. The van der Waals surface area contributed by atoms with Crippen LogP contribution in [0.5, 0.6) is 17.2 Å². The van der Waals surface area contributed by atoms with Gasteiger partial charge in [-0.2, -0.15) is 0 Å². The lowest BCUT2D eigenvalue weighted by Gasteiger charge is -2.24. The van der Waals surface area contributed by atoms with Gasteiger partial charge in [0.2, 0.25) is 0 Å². The van der Waals surface area contributed by atoms with Gasteiger partial charge in [-0.1, -0.05) is 11.3 Å². The Balaban J connectivity index is 1.73. The summed E-state index contributed by atoms with van der Waals surface area (Å²) in [6.07, 6.45) is 0.604. The van der Waals surface area contributed by atoms with E-state index in [9.17, 15) is 24.6 Å². The second-order valence-corrected chi connectivity index (χ2v) is 10.9. The summed E-state index contributed by atoms with van der Waals surface area (Å²) in [6, 6.07) is 6.90. The predicted octanol–water partition coefficient (Wildman–Crippen LogP) is 4.66. The number of methoxy groups -OCH3 is 2. The highest BCUT2D eigenvalue weighted by Gasteiger charge is 2.49. The van der Waals surface area contributed by atoms with Gasteiger partial charge in [-0.3, -0.25) is 14.5 Å². The van der Waals surface area contributed by atoms with Crippen LogP contribution in [0.15, 0.2) is 40.4 Å². The van der Waals surface area contributed by atoms with Crippen LogP contribution in [0.3, 0.4) is 0 Å². The van der Waals surface area contributed by atoms with Crippen molar-refractivity contribution in [3.05, 3.63) is 67.6 Å². The number of aryl methyl sites for hydroxylation is 1. The number of amides is 1. The molecule has 12 heteroatoms. The van der Waals surface area contributed by atoms with E-state index >= 15 is 0 Å². The molecule has 1 amide bonds. The zero-order valence-electron chi connectivity index (χ0n) is 21.3. The summed E-state index contributed by atoms with van der Waals surface area (Å²) >= 11 is 4.18. The monoisotopic (exact) mass is 614 g/mol. The van der Waals surface area contributed by atoms with E-state index < -0.39 is 23.7 Å². The van der Waals surface area contributed by atoms with Crippen molar-refractivity contribution in [1.82, 2.24) is 4.98 Å². The lowest BCUT2D eigenvalue weighted by atomic mass is 9.94. The number of rotatable bonds is 5. The molecule has 202 valence electrons. The van der Waals surface area contributed by atoms with Gasteiger partial charge in [0.05, 0.1) is 36.0 Å². The zero-order chi connectivity index (χ0) is 28.2. The summed E-state index contributed by atoms with van der Waals surface area (Å²) in [5.74, 6) is -2.29. The smallest absolute Gasteiger partial charge is 0.350 e. The lowest BCUT2D eigenvalue weighted by molar-refractivity contribution is -0.132. The first-order valence-corrected chi connectivity index (χ1v) is 13.4. The fourth-order valence-corrected chi connectivity index (χ4v) is 6.22. The normalized spacial score (nSPS) is 19.7. The Hall–Kier alpha value is -3.90. The van der Waals surface area contributed by atoms with Crippen molar-refractivity contribution in [2.75, 3.05) is 19.1 Å². The maximum absolute atomic E-state index is 13.5. The van der Waals surface area contributed by atoms with Crippen LogP contribution in [-0.2, 0) is 20.7 Å². The number of phenols is 1. The topological polar surface area (TPSA) is 135 Å². The van der Waals surface area contributed by atoms with Crippen LogP contribution in [-0.4, -0.2) is 53.2 Å². The summed E-state index contributed by atoms with van der Waals surface area (Å²) in [5.41, 5.74) is 1.69. The standard InChI is InChI=1S/C27H23BrN2O8S/c1-11-7-14-8-13(5-6-17(14)38-11)21(31)19-20(15-9-16(28)22(32)18(10-15)36-3)30(25(34)23(19)33)27-29-12(2)24(39-27)26(35)37-4/h5-6,8-11,20,31-32H,7H2,1-4H3/b21-19+/t11-,20-/m0/s1. The minimum Gasteiger partial charge on any atom is -0.507 e. The van der Waals surface area contributed by atoms with Crippen LogP contribution in [0.4, 0.5) is 5.13 Å². The first-order valence-electron chi connectivity index (χ1n) is 11.8. The number of nitrogens with zero attached hydrogens (tertiary/aromatic N) is 2. The Labute approximate surface area is 235 Å². The molecule has 2 atom stereocenters. The van der Waals surface area contributed by atoms with Gasteiger partial charge in [0.25, 0.3) is 5.78 Å². The van der Waals surface area contributed by atoms with E-state index in [1.54, 1.807) is 25.1 Å². The van der Waals surface area contributed by atoms with Gasteiger partial charge in [0, 0.05) is 12.0 Å². The van der Waals surface area contributed by atoms with E-state index in [0.29, 0.717) is 29.0 Å². The molecule has 1 aromatic heterocycles. The second-order valence-electron chi connectivity index (χ2n) is 9.08. The molecule has 0 bridgehead atoms. The van der Waals surface area contributed by atoms with E-state index in [0.717, 1.165) is 21.8 Å². The highest BCUT2D eigenvalue weighted by Crippen LogP contribution is 2.47. The first-order chi connectivity index (χ1) is 18.5. The molecule has 0 aliphatic carbocycles. The lowest BCUT2D eigenvalue weighted by Crippen LogP contribution is -2.29. The van der Waals surface area contributed by atoms with Crippen molar-refractivity contribution in [2.45, 2.75) is 32.4 Å². The summed E-state index contributed by atoms with van der Waals surface area (Å²) in [5, 5.41) is 22.0. The summed E-state index contributed by atoms with van der Waals surface area (Å²) in [6.45, 7) is 3.52. The molecule has 0 unspecified atom stereocenters. The van der Waals surface area contributed by atoms with Gasteiger partial charge >= 0.3 is 11.9 Å². The van der Waals surface area contributed by atoms with Crippen molar-refractivity contribution < 1.29 is 38.8 Å². The van der Waals surface area contributed by atoms with E-state index in [2.05, 4.69) is 20.9 Å². The number of hydrogen-bond acceptors (Lipinski definition) is 10. The van der Waals surface area contributed by atoms with Crippen LogP contribution in [0.1, 0.15) is 45.0 Å². The maximum atomic E-state index is 13.5. The first kappa shape index (κ1) is 26.7. The third-order valence-corrected chi connectivity index (χ3v) is 8.30.